The molecule has 0 spiro atoms. The van der Waals surface area contributed by atoms with Gasteiger partial charge in [-0.25, -0.2) is 0 Å². The Bertz CT molecular complexity index is 421. The smallest absolute Gasteiger partial charge is 0.124 e. The van der Waals surface area contributed by atoms with Crippen molar-refractivity contribution in [2.24, 2.45) is 5.92 Å². The molecule has 1 saturated heterocycles. The molecule has 0 saturated carbocycles. The molecular weight excluding hydrogens is 236 g/mol. The first-order chi connectivity index (χ1) is 9.34. The molecule has 2 aliphatic heterocycles. The van der Waals surface area contributed by atoms with Crippen molar-refractivity contribution in [3.63, 3.8) is 0 Å². The average Bonchev–Trinajstić information content (AvgIpc) is 2.42. The Kier molecular flexibility index (Phi) is 4.04. The fraction of sp³-hybridized carbons (Fsp3) is 0.625. The van der Waals surface area contributed by atoms with Crippen molar-refractivity contribution in [3.8, 4) is 5.75 Å². The van der Waals surface area contributed by atoms with Gasteiger partial charge in [0, 0.05) is 24.6 Å². The Morgan fingerprint density at radius 3 is 3.16 bits per heavy atom. The van der Waals surface area contributed by atoms with E-state index in [0.717, 1.165) is 37.8 Å². The maximum absolute atomic E-state index is 5.79. The molecule has 0 radical (unpaired) electrons. The lowest BCUT2D eigenvalue weighted by molar-refractivity contribution is 0.116. The Hall–Kier alpha value is -1.06. The monoisotopic (exact) mass is 260 g/mol. The van der Waals surface area contributed by atoms with Crippen LogP contribution in [0.4, 0.5) is 0 Å². The summed E-state index contributed by atoms with van der Waals surface area (Å²) >= 11 is 0. The van der Waals surface area contributed by atoms with Crippen molar-refractivity contribution in [1.82, 2.24) is 10.2 Å². The van der Waals surface area contributed by atoms with Crippen LogP contribution in [0.15, 0.2) is 24.3 Å². The van der Waals surface area contributed by atoms with E-state index in [-0.39, 0.29) is 0 Å². The number of ether oxygens (including phenoxy) is 1. The molecule has 104 valence electrons. The summed E-state index contributed by atoms with van der Waals surface area (Å²) in [5, 5.41) is 3.53. The second-order valence-corrected chi connectivity index (χ2v) is 5.85. The first kappa shape index (κ1) is 12.9. The molecule has 2 aliphatic rings. The van der Waals surface area contributed by atoms with Crippen molar-refractivity contribution in [3.05, 3.63) is 29.8 Å². The Labute approximate surface area is 115 Å². The summed E-state index contributed by atoms with van der Waals surface area (Å²) in [5.74, 6) is 1.81. The molecule has 19 heavy (non-hydrogen) atoms. The number of rotatable bonds is 1. The lowest BCUT2D eigenvalue weighted by Gasteiger charge is -2.38. The van der Waals surface area contributed by atoms with Gasteiger partial charge in [0.05, 0.1) is 6.61 Å². The van der Waals surface area contributed by atoms with E-state index in [9.17, 15) is 0 Å². The molecule has 1 aromatic carbocycles. The number of para-hydroxylation sites is 1. The van der Waals surface area contributed by atoms with Crippen molar-refractivity contribution in [2.45, 2.75) is 25.8 Å². The summed E-state index contributed by atoms with van der Waals surface area (Å²) < 4.78 is 5.79. The zero-order chi connectivity index (χ0) is 13.1. The van der Waals surface area contributed by atoms with Crippen molar-refractivity contribution < 1.29 is 4.74 Å². The van der Waals surface area contributed by atoms with E-state index in [1.165, 1.54) is 25.1 Å². The number of nitrogens with one attached hydrogen (secondary N) is 1. The lowest BCUT2D eigenvalue weighted by Crippen LogP contribution is -2.41. The van der Waals surface area contributed by atoms with Gasteiger partial charge in [-0.3, -0.25) is 4.90 Å². The van der Waals surface area contributed by atoms with Gasteiger partial charge in [0.25, 0.3) is 0 Å². The second-order valence-electron chi connectivity index (χ2n) is 5.85. The van der Waals surface area contributed by atoms with Crippen LogP contribution in [-0.2, 0) is 0 Å². The fourth-order valence-electron chi connectivity index (χ4n) is 3.30. The van der Waals surface area contributed by atoms with Gasteiger partial charge in [0.1, 0.15) is 5.75 Å². The highest BCUT2D eigenvalue weighted by Crippen LogP contribution is 2.36. The van der Waals surface area contributed by atoms with Crippen LogP contribution in [0.25, 0.3) is 0 Å². The summed E-state index contributed by atoms with van der Waals surface area (Å²) in [6, 6.07) is 9.10. The van der Waals surface area contributed by atoms with Crippen LogP contribution in [0.5, 0.6) is 5.75 Å². The third kappa shape index (κ3) is 2.93. The van der Waals surface area contributed by atoms with Crippen LogP contribution in [0, 0.1) is 5.92 Å². The highest BCUT2D eigenvalue weighted by atomic mass is 16.5. The first-order valence-electron chi connectivity index (χ1n) is 7.51. The number of benzene rings is 1. The molecule has 1 N–H and O–H groups in total. The highest BCUT2D eigenvalue weighted by Gasteiger charge is 2.27. The number of hydrogen-bond acceptors (Lipinski definition) is 3. The van der Waals surface area contributed by atoms with Crippen molar-refractivity contribution in [1.29, 1.82) is 0 Å². The predicted octanol–water partition coefficient (Wildman–Crippen LogP) is 2.44. The van der Waals surface area contributed by atoms with Crippen molar-refractivity contribution in [2.75, 3.05) is 32.8 Å². The van der Waals surface area contributed by atoms with E-state index in [0.29, 0.717) is 6.04 Å². The predicted molar refractivity (Wildman–Crippen MR) is 77.5 cm³/mol. The van der Waals surface area contributed by atoms with E-state index >= 15 is 0 Å². The molecule has 1 aromatic rings. The van der Waals surface area contributed by atoms with E-state index < -0.39 is 0 Å². The summed E-state index contributed by atoms with van der Waals surface area (Å²) in [6.07, 6.45) is 2.36. The molecule has 2 unspecified atom stereocenters. The minimum absolute atomic E-state index is 0.547. The third-order valence-corrected chi connectivity index (χ3v) is 4.21. The molecular formula is C16H24N2O. The van der Waals surface area contributed by atoms with Gasteiger partial charge in [-0.05, 0) is 38.0 Å². The number of hydrogen-bond donors (Lipinski definition) is 1. The fourth-order valence-corrected chi connectivity index (χ4v) is 3.30. The van der Waals surface area contributed by atoms with Gasteiger partial charge < -0.3 is 10.1 Å². The minimum atomic E-state index is 0.547. The van der Waals surface area contributed by atoms with Crippen LogP contribution in [0.3, 0.4) is 0 Å². The van der Waals surface area contributed by atoms with Gasteiger partial charge in [-0.15, -0.1) is 0 Å². The highest BCUT2D eigenvalue weighted by molar-refractivity contribution is 5.37. The van der Waals surface area contributed by atoms with Gasteiger partial charge >= 0.3 is 0 Å². The molecule has 0 aromatic heterocycles. The Morgan fingerprint density at radius 2 is 2.21 bits per heavy atom. The zero-order valence-electron chi connectivity index (χ0n) is 11.8. The zero-order valence-corrected chi connectivity index (χ0v) is 11.8. The molecule has 0 bridgehead atoms. The molecule has 0 aliphatic carbocycles. The minimum Gasteiger partial charge on any atom is -0.493 e. The van der Waals surface area contributed by atoms with Crippen LogP contribution in [0.2, 0.25) is 0 Å². The quantitative estimate of drug-likeness (QED) is 0.839. The van der Waals surface area contributed by atoms with E-state index in [2.05, 4.69) is 41.4 Å². The Morgan fingerprint density at radius 1 is 1.32 bits per heavy atom. The van der Waals surface area contributed by atoms with Gasteiger partial charge in [0.15, 0.2) is 0 Å². The number of nitrogens with zero attached hydrogens (tertiary/aromatic N) is 1. The topological polar surface area (TPSA) is 24.5 Å². The molecule has 3 rings (SSSR count). The van der Waals surface area contributed by atoms with Crippen LogP contribution < -0.4 is 10.1 Å². The van der Waals surface area contributed by atoms with Crippen LogP contribution in [0.1, 0.15) is 31.4 Å². The first-order valence-corrected chi connectivity index (χ1v) is 7.51. The largest absolute Gasteiger partial charge is 0.493 e. The second kappa shape index (κ2) is 5.93. The van der Waals surface area contributed by atoms with Crippen molar-refractivity contribution >= 4 is 0 Å². The molecule has 2 heterocycles. The van der Waals surface area contributed by atoms with Gasteiger partial charge in [-0.1, -0.05) is 25.1 Å². The standard InChI is InChI=1S/C16H24N2O/c1-13-11-17-8-4-9-18(12-13)15-7-10-19-16-6-3-2-5-14(15)16/h2-3,5-6,13,15,17H,4,7-12H2,1H3. The normalized spacial score (nSPS) is 28.9. The van der Waals surface area contributed by atoms with E-state index in [4.69, 9.17) is 4.74 Å². The maximum Gasteiger partial charge on any atom is 0.124 e. The molecule has 3 heteroatoms. The lowest BCUT2D eigenvalue weighted by atomic mass is 9.97. The molecule has 1 fully saturated rings. The summed E-state index contributed by atoms with van der Waals surface area (Å²) in [5.41, 5.74) is 1.38. The number of fused-ring (bicyclic) bond motifs is 1. The summed E-state index contributed by atoms with van der Waals surface area (Å²) in [4.78, 5) is 2.67. The molecule has 2 atom stereocenters. The Balaban J connectivity index is 1.81. The molecule has 3 nitrogen and oxygen atoms in total. The SMILES string of the molecule is CC1CNCCCN(C2CCOc3ccccc32)C1. The average molecular weight is 260 g/mol. The molecule has 0 amide bonds. The third-order valence-electron chi connectivity index (χ3n) is 4.21. The summed E-state index contributed by atoms with van der Waals surface area (Å²) in [7, 11) is 0. The van der Waals surface area contributed by atoms with Crippen LogP contribution >= 0.6 is 0 Å². The maximum atomic E-state index is 5.79. The van der Waals surface area contributed by atoms with E-state index in [1.54, 1.807) is 0 Å². The van der Waals surface area contributed by atoms with Crippen LogP contribution in [-0.4, -0.2) is 37.7 Å². The summed E-state index contributed by atoms with van der Waals surface area (Å²) in [6.45, 7) is 7.86. The van der Waals surface area contributed by atoms with E-state index in [1.807, 2.05) is 0 Å². The van der Waals surface area contributed by atoms with Gasteiger partial charge in [-0.2, -0.15) is 0 Å². The van der Waals surface area contributed by atoms with Gasteiger partial charge in [0.2, 0.25) is 0 Å².